The van der Waals surface area contributed by atoms with Gasteiger partial charge in [0.2, 0.25) is 0 Å². The van der Waals surface area contributed by atoms with Crippen LogP contribution in [0.5, 0.6) is 0 Å². The minimum atomic E-state index is 0.0215. The van der Waals surface area contributed by atoms with Crippen molar-refractivity contribution < 1.29 is 4.74 Å². The molecule has 0 N–H and O–H groups in total. The van der Waals surface area contributed by atoms with Crippen molar-refractivity contribution in [1.29, 1.82) is 0 Å². The highest BCUT2D eigenvalue weighted by molar-refractivity contribution is 5.55. The fraction of sp³-hybridized carbons (Fsp3) is 0.458. The first kappa shape index (κ1) is 21.5. The molecular formula is C24H32N6O. The Hall–Kier alpha value is -2.77. The Balaban J connectivity index is 1.59. The van der Waals surface area contributed by atoms with Gasteiger partial charge in [-0.1, -0.05) is 42.0 Å². The number of hydrogen-bond acceptors (Lipinski definition) is 6. The van der Waals surface area contributed by atoms with E-state index in [9.17, 15) is 0 Å². The number of methoxy groups -OCH3 is 1. The Kier molecular flexibility index (Phi) is 6.63. The Morgan fingerprint density at radius 1 is 0.935 bits per heavy atom. The van der Waals surface area contributed by atoms with E-state index in [1.165, 1.54) is 27.9 Å². The minimum absolute atomic E-state index is 0.0215. The number of hydrogen-bond donors (Lipinski definition) is 0. The Labute approximate surface area is 184 Å². The third-order valence-electron chi connectivity index (χ3n) is 6.09. The quantitative estimate of drug-likeness (QED) is 0.585. The van der Waals surface area contributed by atoms with Crippen molar-refractivity contribution in [3.05, 3.63) is 70.5 Å². The minimum Gasteiger partial charge on any atom is -0.383 e. The first-order valence-electron chi connectivity index (χ1n) is 10.9. The van der Waals surface area contributed by atoms with E-state index >= 15 is 0 Å². The van der Waals surface area contributed by atoms with Crippen molar-refractivity contribution in [3.8, 4) is 0 Å². The molecule has 1 aliphatic heterocycles. The summed E-state index contributed by atoms with van der Waals surface area (Å²) in [6.45, 7) is 11.5. The van der Waals surface area contributed by atoms with Gasteiger partial charge in [0, 0.05) is 39.0 Å². The molecule has 0 saturated carbocycles. The zero-order chi connectivity index (χ0) is 21.8. The highest BCUT2D eigenvalue weighted by atomic mass is 16.5. The number of tetrazole rings is 1. The molecule has 7 heteroatoms. The predicted molar refractivity (Wildman–Crippen MR) is 122 cm³/mol. The van der Waals surface area contributed by atoms with Gasteiger partial charge >= 0.3 is 0 Å². The van der Waals surface area contributed by atoms with Gasteiger partial charge < -0.3 is 9.64 Å². The maximum absolute atomic E-state index is 5.26. The first-order chi connectivity index (χ1) is 15.1. The normalized spacial score (nSPS) is 15.9. The molecule has 0 radical (unpaired) electrons. The van der Waals surface area contributed by atoms with E-state index in [4.69, 9.17) is 4.74 Å². The van der Waals surface area contributed by atoms with E-state index < -0.39 is 0 Å². The van der Waals surface area contributed by atoms with Gasteiger partial charge in [0.05, 0.1) is 19.2 Å². The summed E-state index contributed by atoms with van der Waals surface area (Å²) in [5, 5.41) is 12.7. The molecule has 3 aromatic rings. The summed E-state index contributed by atoms with van der Waals surface area (Å²) in [5.41, 5.74) is 6.45. The molecule has 7 nitrogen and oxygen atoms in total. The highest BCUT2D eigenvalue weighted by Crippen LogP contribution is 2.30. The number of aromatic nitrogens is 4. The van der Waals surface area contributed by atoms with Gasteiger partial charge in [-0.15, -0.1) is 5.10 Å². The second-order valence-corrected chi connectivity index (χ2v) is 8.38. The molecule has 0 spiro atoms. The fourth-order valence-electron chi connectivity index (χ4n) is 4.30. The molecule has 2 heterocycles. The topological polar surface area (TPSA) is 59.3 Å². The highest BCUT2D eigenvalue weighted by Gasteiger charge is 2.31. The van der Waals surface area contributed by atoms with E-state index in [1.807, 2.05) is 4.68 Å². The Morgan fingerprint density at radius 3 is 2.35 bits per heavy atom. The lowest BCUT2D eigenvalue weighted by Crippen LogP contribution is -2.48. The fourth-order valence-corrected chi connectivity index (χ4v) is 4.30. The van der Waals surface area contributed by atoms with Crippen LogP contribution in [0.3, 0.4) is 0 Å². The van der Waals surface area contributed by atoms with Crippen LogP contribution in [0.4, 0.5) is 5.69 Å². The van der Waals surface area contributed by atoms with Gasteiger partial charge in [-0.2, -0.15) is 0 Å². The predicted octanol–water partition coefficient (Wildman–Crippen LogP) is 3.16. The summed E-state index contributed by atoms with van der Waals surface area (Å²) in [6, 6.07) is 15.5. The Bertz CT molecular complexity index is 992. The molecule has 2 aromatic carbocycles. The third kappa shape index (κ3) is 4.78. The maximum Gasteiger partial charge on any atom is 0.173 e. The molecule has 1 saturated heterocycles. The van der Waals surface area contributed by atoms with Crippen LogP contribution in [0.15, 0.2) is 42.5 Å². The first-order valence-corrected chi connectivity index (χ1v) is 10.9. The van der Waals surface area contributed by atoms with Crippen molar-refractivity contribution in [1.82, 2.24) is 25.1 Å². The molecule has 0 bridgehead atoms. The molecule has 1 aromatic heterocycles. The molecule has 164 valence electrons. The Morgan fingerprint density at radius 2 is 1.65 bits per heavy atom. The van der Waals surface area contributed by atoms with E-state index in [1.54, 1.807) is 7.11 Å². The lowest BCUT2D eigenvalue weighted by molar-refractivity contribution is 0.171. The molecule has 1 unspecified atom stereocenters. The smallest absolute Gasteiger partial charge is 0.173 e. The van der Waals surface area contributed by atoms with E-state index in [-0.39, 0.29) is 6.04 Å². The lowest BCUT2D eigenvalue weighted by atomic mass is 10.0. The number of piperazine rings is 1. The van der Waals surface area contributed by atoms with Gasteiger partial charge in [-0.3, -0.25) is 4.90 Å². The number of aryl methyl sites for hydroxylation is 3. The molecule has 1 fully saturated rings. The van der Waals surface area contributed by atoms with Crippen LogP contribution in [-0.4, -0.2) is 65.0 Å². The van der Waals surface area contributed by atoms with Crippen LogP contribution < -0.4 is 4.90 Å². The monoisotopic (exact) mass is 420 g/mol. The van der Waals surface area contributed by atoms with Crippen LogP contribution >= 0.6 is 0 Å². The van der Waals surface area contributed by atoms with E-state index in [0.717, 1.165) is 32.0 Å². The summed E-state index contributed by atoms with van der Waals surface area (Å²) in [5.74, 6) is 0.876. The molecule has 4 rings (SSSR count). The lowest BCUT2D eigenvalue weighted by Gasteiger charge is -2.40. The number of nitrogens with zero attached hydrogens (tertiary/aromatic N) is 6. The summed E-state index contributed by atoms with van der Waals surface area (Å²) in [4.78, 5) is 5.00. The van der Waals surface area contributed by atoms with Crippen LogP contribution in [-0.2, 0) is 11.3 Å². The van der Waals surface area contributed by atoms with Crippen molar-refractivity contribution in [2.24, 2.45) is 0 Å². The van der Waals surface area contributed by atoms with Gasteiger partial charge in [-0.25, -0.2) is 4.68 Å². The number of benzene rings is 2. The average molecular weight is 421 g/mol. The largest absolute Gasteiger partial charge is 0.383 e. The summed E-state index contributed by atoms with van der Waals surface area (Å²) in [6.07, 6.45) is 0. The zero-order valence-electron chi connectivity index (χ0n) is 19.0. The molecule has 1 atom stereocenters. The molecule has 1 aliphatic rings. The van der Waals surface area contributed by atoms with Gasteiger partial charge in [0.15, 0.2) is 5.82 Å². The number of ether oxygens (including phenoxy) is 1. The average Bonchev–Trinajstić information content (AvgIpc) is 3.24. The number of rotatable bonds is 7. The third-order valence-corrected chi connectivity index (χ3v) is 6.09. The van der Waals surface area contributed by atoms with Crippen LogP contribution in [0.1, 0.15) is 34.1 Å². The van der Waals surface area contributed by atoms with Crippen molar-refractivity contribution >= 4 is 5.69 Å². The van der Waals surface area contributed by atoms with Crippen LogP contribution in [0, 0.1) is 20.8 Å². The van der Waals surface area contributed by atoms with Crippen molar-refractivity contribution in [2.45, 2.75) is 33.4 Å². The zero-order valence-corrected chi connectivity index (χ0v) is 19.0. The molecule has 0 amide bonds. The second kappa shape index (κ2) is 9.58. The van der Waals surface area contributed by atoms with Gasteiger partial charge in [-0.05, 0) is 54.0 Å². The molecule has 0 aliphatic carbocycles. The summed E-state index contributed by atoms with van der Waals surface area (Å²) in [7, 11) is 1.70. The van der Waals surface area contributed by atoms with Crippen LogP contribution in [0.25, 0.3) is 0 Å². The van der Waals surface area contributed by atoms with Crippen molar-refractivity contribution in [2.75, 3.05) is 44.8 Å². The van der Waals surface area contributed by atoms with Gasteiger partial charge in [0.25, 0.3) is 0 Å². The van der Waals surface area contributed by atoms with Crippen molar-refractivity contribution in [3.63, 3.8) is 0 Å². The maximum atomic E-state index is 5.26. The summed E-state index contributed by atoms with van der Waals surface area (Å²) >= 11 is 0. The summed E-state index contributed by atoms with van der Waals surface area (Å²) < 4.78 is 7.14. The molecule has 31 heavy (non-hydrogen) atoms. The molecular weight excluding hydrogens is 388 g/mol. The standard InChI is InChI=1S/C24H32N6O/c1-18-6-9-21(10-7-18)23(24-25-26-27-30(24)15-16-31-4)29-13-11-28(12-14-29)22-17-19(2)5-8-20(22)3/h5-10,17,23H,11-16H2,1-4H3. The number of anilines is 1. The van der Waals surface area contributed by atoms with Crippen LogP contribution in [0.2, 0.25) is 0 Å². The van der Waals surface area contributed by atoms with E-state index in [2.05, 4.69) is 88.6 Å². The van der Waals surface area contributed by atoms with Gasteiger partial charge in [0.1, 0.15) is 0 Å². The SMILES string of the molecule is COCCn1nnnc1C(c1ccc(C)cc1)N1CCN(c2cc(C)ccc2C)CC1. The second-order valence-electron chi connectivity index (χ2n) is 8.38. The van der Waals surface area contributed by atoms with E-state index in [0.29, 0.717) is 13.2 Å².